The first kappa shape index (κ1) is 11.4. The molecule has 0 amide bonds. The Kier molecular flexibility index (Phi) is 3.23. The molecule has 0 saturated carbocycles. The van der Waals surface area contributed by atoms with Gasteiger partial charge in [-0.3, -0.25) is 10.1 Å². The van der Waals surface area contributed by atoms with Gasteiger partial charge in [0.05, 0.1) is 11.5 Å². The predicted molar refractivity (Wildman–Crippen MR) is 66.0 cm³/mol. The predicted octanol–water partition coefficient (Wildman–Crippen LogP) is 3.01. The summed E-state index contributed by atoms with van der Waals surface area (Å²) in [5, 5.41) is 10.9. The van der Waals surface area contributed by atoms with Crippen molar-refractivity contribution < 1.29 is 4.92 Å². The van der Waals surface area contributed by atoms with E-state index < -0.39 is 0 Å². The van der Waals surface area contributed by atoms with Crippen LogP contribution in [0, 0.1) is 10.1 Å². The lowest BCUT2D eigenvalue weighted by Crippen LogP contribution is -2.04. The molecule has 0 unspecified atom stereocenters. The van der Waals surface area contributed by atoms with Crippen LogP contribution in [0.2, 0.25) is 0 Å². The SMILES string of the molecule is CCc1cccn1Cc1ccccc1[N+](=O)[O-]. The molecule has 0 saturated heterocycles. The fraction of sp³-hybridized carbons (Fsp3) is 0.231. The van der Waals surface area contributed by atoms with E-state index in [4.69, 9.17) is 0 Å². The maximum atomic E-state index is 10.9. The first-order valence-corrected chi connectivity index (χ1v) is 5.58. The topological polar surface area (TPSA) is 48.1 Å². The van der Waals surface area contributed by atoms with Gasteiger partial charge < -0.3 is 4.57 Å². The van der Waals surface area contributed by atoms with Crippen LogP contribution >= 0.6 is 0 Å². The first-order valence-electron chi connectivity index (χ1n) is 5.58. The molecule has 4 heteroatoms. The Hall–Kier alpha value is -2.10. The van der Waals surface area contributed by atoms with E-state index >= 15 is 0 Å². The van der Waals surface area contributed by atoms with Gasteiger partial charge in [-0.25, -0.2) is 0 Å². The van der Waals surface area contributed by atoms with Gasteiger partial charge in [0.2, 0.25) is 0 Å². The van der Waals surface area contributed by atoms with Crippen molar-refractivity contribution in [3.8, 4) is 0 Å². The zero-order chi connectivity index (χ0) is 12.3. The molecular weight excluding hydrogens is 216 g/mol. The van der Waals surface area contributed by atoms with Crippen molar-refractivity contribution in [3.63, 3.8) is 0 Å². The second-order valence-electron chi connectivity index (χ2n) is 3.87. The van der Waals surface area contributed by atoms with Crippen LogP contribution in [0.25, 0.3) is 0 Å². The van der Waals surface area contributed by atoms with Gasteiger partial charge in [0.15, 0.2) is 0 Å². The molecule has 1 aromatic heterocycles. The summed E-state index contributed by atoms with van der Waals surface area (Å²) in [6.45, 7) is 2.62. The summed E-state index contributed by atoms with van der Waals surface area (Å²) >= 11 is 0. The minimum atomic E-state index is -0.329. The van der Waals surface area contributed by atoms with E-state index in [1.54, 1.807) is 18.2 Å². The molecule has 2 aromatic rings. The van der Waals surface area contributed by atoms with Gasteiger partial charge in [0.25, 0.3) is 5.69 Å². The number of rotatable bonds is 4. The number of para-hydroxylation sites is 1. The minimum absolute atomic E-state index is 0.184. The zero-order valence-corrected chi connectivity index (χ0v) is 9.67. The maximum absolute atomic E-state index is 10.9. The number of hydrogen-bond donors (Lipinski definition) is 0. The Labute approximate surface area is 99.7 Å². The van der Waals surface area contributed by atoms with Crippen molar-refractivity contribution in [1.29, 1.82) is 0 Å². The molecule has 88 valence electrons. The molecule has 0 radical (unpaired) electrons. The van der Waals surface area contributed by atoms with Crippen LogP contribution in [0.5, 0.6) is 0 Å². The molecule has 0 aliphatic heterocycles. The van der Waals surface area contributed by atoms with E-state index in [9.17, 15) is 10.1 Å². The van der Waals surface area contributed by atoms with E-state index in [-0.39, 0.29) is 10.6 Å². The third kappa shape index (κ3) is 2.36. The quantitative estimate of drug-likeness (QED) is 0.598. The third-order valence-electron chi connectivity index (χ3n) is 2.81. The molecule has 4 nitrogen and oxygen atoms in total. The number of aryl methyl sites for hydroxylation is 1. The normalized spacial score (nSPS) is 10.4. The summed E-state index contributed by atoms with van der Waals surface area (Å²) in [5.74, 6) is 0. The van der Waals surface area contributed by atoms with Crippen molar-refractivity contribution in [1.82, 2.24) is 4.57 Å². The highest BCUT2D eigenvalue weighted by Crippen LogP contribution is 2.19. The van der Waals surface area contributed by atoms with Crippen LogP contribution in [-0.2, 0) is 13.0 Å². The van der Waals surface area contributed by atoms with E-state index in [1.807, 2.05) is 29.0 Å². The summed E-state index contributed by atoms with van der Waals surface area (Å²) in [5.41, 5.74) is 2.11. The summed E-state index contributed by atoms with van der Waals surface area (Å²) in [7, 11) is 0. The smallest absolute Gasteiger partial charge is 0.274 e. The number of benzene rings is 1. The van der Waals surface area contributed by atoms with Crippen LogP contribution in [0.4, 0.5) is 5.69 Å². The van der Waals surface area contributed by atoms with Gasteiger partial charge in [0.1, 0.15) is 0 Å². The summed E-state index contributed by atoms with van der Waals surface area (Å²) in [6.07, 6.45) is 2.88. The lowest BCUT2D eigenvalue weighted by atomic mass is 10.2. The van der Waals surface area contributed by atoms with Crippen molar-refractivity contribution in [3.05, 3.63) is 64.0 Å². The van der Waals surface area contributed by atoms with Crippen LogP contribution in [-0.4, -0.2) is 9.49 Å². The Morgan fingerprint density at radius 1 is 1.24 bits per heavy atom. The Morgan fingerprint density at radius 2 is 2.00 bits per heavy atom. The minimum Gasteiger partial charge on any atom is -0.347 e. The molecule has 17 heavy (non-hydrogen) atoms. The van der Waals surface area contributed by atoms with Gasteiger partial charge in [-0.1, -0.05) is 25.1 Å². The molecule has 1 aromatic carbocycles. The molecule has 0 bridgehead atoms. The van der Waals surface area contributed by atoms with Gasteiger partial charge in [-0.15, -0.1) is 0 Å². The lowest BCUT2D eigenvalue weighted by Gasteiger charge is -2.08. The van der Waals surface area contributed by atoms with Crippen LogP contribution in [0.1, 0.15) is 18.2 Å². The average Bonchev–Trinajstić information content (AvgIpc) is 2.77. The van der Waals surface area contributed by atoms with Crippen molar-refractivity contribution in [2.45, 2.75) is 19.9 Å². The van der Waals surface area contributed by atoms with Gasteiger partial charge in [-0.05, 0) is 18.6 Å². The maximum Gasteiger partial charge on any atom is 0.274 e. The van der Waals surface area contributed by atoms with E-state index in [2.05, 4.69) is 6.92 Å². The lowest BCUT2D eigenvalue weighted by molar-refractivity contribution is -0.385. The average molecular weight is 230 g/mol. The van der Waals surface area contributed by atoms with E-state index in [0.29, 0.717) is 6.54 Å². The molecular formula is C13H14N2O2. The highest BCUT2D eigenvalue weighted by atomic mass is 16.6. The van der Waals surface area contributed by atoms with Crippen LogP contribution < -0.4 is 0 Å². The molecule has 1 heterocycles. The van der Waals surface area contributed by atoms with E-state index in [0.717, 1.165) is 12.0 Å². The second-order valence-corrected chi connectivity index (χ2v) is 3.87. The van der Waals surface area contributed by atoms with Gasteiger partial charge in [-0.2, -0.15) is 0 Å². The molecule has 2 rings (SSSR count). The Morgan fingerprint density at radius 3 is 2.71 bits per heavy atom. The molecule has 0 aliphatic rings. The monoisotopic (exact) mass is 230 g/mol. The Bertz CT molecular complexity index is 532. The second kappa shape index (κ2) is 4.82. The molecule has 0 fully saturated rings. The number of nitro groups is 1. The van der Waals surface area contributed by atoms with Gasteiger partial charge >= 0.3 is 0 Å². The highest BCUT2D eigenvalue weighted by molar-refractivity contribution is 5.40. The molecule has 0 N–H and O–H groups in total. The summed E-state index contributed by atoms with van der Waals surface area (Å²) < 4.78 is 2.04. The summed E-state index contributed by atoms with van der Waals surface area (Å²) in [6, 6.07) is 10.9. The summed E-state index contributed by atoms with van der Waals surface area (Å²) in [4.78, 5) is 10.6. The first-order chi connectivity index (χ1) is 8.22. The fourth-order valence-corrected chi connectivity index (χ4v) is 1.93. The molecule has 0 spiro atoms. The van der Waals surface area contributed by atoms with E-state index in [1.165, 1.54) is 5.69 Å². The van der Waals surface area contributed by atoms with Crippen LogP contribution in [0.15, 0.2) is 42.6 Å². The third-order valence-corrected chi connectivity index (χ3v) is 2.81. The van der Waals surface area contributed by atoms with Crippen molar-refractivity contribution in [2.75, 3.05) is 0 Å². The largest absolute Gasteiger partial charge is 0.347 e. The number of nitro benzene ring substituents is 1. The van der Waals surface area contributed by atoms with Gasteiger partial charge in [0, 0.05) is 23.5 Å². The molecule has 0 aliphatic carbocycles. The van der Waals surface area contributed by atoms with Crippen LogP contribution in [0.3, 0.4) is 0 Å². The number of hydrogen-bond acceptors (Lipinski definition) is 2. The van der Waals surface area contributed by atoms with Crippen molar-refractivity contribution in [2.24, 2.45) is 0 Å². The number of aromatic nitrogens is 1. The highest BCUT2D eigenvalue weighted by Gasteiger charge is 2.12. The Balaban J connectivity index is 2.33. The standard InChI is InChI=1S/C13H14N2O2/c1-2-12-7-5-9-14(12)10-11-6-3-4-8-13(11)15(16)17/h3-9H,2,10H2,1H3. The van der Waals surface area contributed by atoms with Crippen molar-refractivity contribution >= 4 is 5.69 Å². The molecule has 0 atom stereocenters. The number of nitrogens with zero attached hydrogens (tertiary/aromatic N) is 2. The zero-order valence-electron chi connectivity index (χ0n) is 9.67. The fourth-order valence-electron chi connectivity index (χ4n) is 1.93.